The average Bonchev–Trinajstić information content (AvgIpc) is 2.89. The molecule has 3 heterocycles. The monoisotopic (exact) mass is 499 g/mol. The first-order chi connectivity index (χ1) is 17.1. The highest BCUT2D eigenvalue weighted by atomic mass is 35.5. The lowest BCUT2D eigenvalue weighted by Crippen LogP contribution is -2.63. The molecule has 36 heavy (non-hydrogen) atoms. The third-order valence-electron chi connectivity index (χ3n) is 7.30. The molecule has 4 aromatic rings. The number of benzene rings is 1. The number of hydrogen-bond donors (Lipinski definition) is 1. The summed E-state index contributed by atoms with van der Waals surface area (Å²) in [6, 6.07) is 16.7. The van der Waals surface area contributed by atoms with Gasteiger partial charge in [0.15, 0.2) is 5.43 Å². The van der Waals surface area contributed by atoms with Crippen LogP contribution in [-0.4, -0.2) is 15.5 Å². The first-order valence-electron chi connectivity index (χ1n) is 11.9. The number of nitrogens with zero attached hydrogens (tertiary/aromatic N) is 2. The summed E-state index contributed by atoms with van der Waals surface area (Å²) in [6.45, 7) is 0. The number of halogens is 1. The third kappa shape index (κ3) is 3.74. The molecule has 2 aliphatic carbocycles. The van der Waals surface area contributed by atoms with Gasteiger partial charge in [0.1, 0.15) is 5.76 Å². The zero-order valence-electron chi connectivity index (χ0n) is 19.6. The van der Waals surface area contributed by atoms with Crippen molar-refractivity contribution in [1.29, 1.82) is 0 Å². The number of ether oxygens (including phenoxy) is 1. The molecule has 0 saturated heterocycles. The molecule has 7 heteroatoms. The van der Waals surface area contributed by atoms with Crippen LogP contribution in [0.2, 0.25) is 0 Å². The molecule has 0 spiro atoms. The van der Waals surface area contributed by atoms with Gasteiger partial charge in [-0.3, -0.25) is 4.79 Å². The van der Waals surface area contributed by atoms with E-state index in [1.165, 1.54) is 0 Å². The van der Waals surface area contributed by atoms with Crippen LogP contribution < -0.4 is 15.9 Å². The van der Waals surface area contributed by atoms with E-state index in [0.717, 1.165) is 24.8 Å². The van der Waals surface area contributed by atoms with Crippen molar-refractivity contribution < 1.29 is 9.15 Å². The quantitative estimate of drug-likeness (QED) is 0.357. The van der Waals surface area contributed by atoms with E-state index in [1.807, 2.05) is 48.6 Å². The van der Waals surface area contributed by atoms with Crippen LogP contribution >= 0.6 is 12.4 Å². The second kappa shape index (κ2) is 9.37. The van der Waals surface area contributed by atoms with Gasteiger partial charge in [0.2, 0.25) is 11.5 Å². The zero-order chi connectivity index (χ0) is 23.9. The maximum atomic E-state index is 14.3. The largest absolute Gasteiger partial charge is 0.450 e. The number of nitrogens with two attached hydrogens (primary N) is 1. The highest BCUT2D eigenvalue weighted by Gasteiger charge is 2.54. The number of allylic oxidation sites excluding steroid dienone is 3. The Morgan fingerprint density at radius 1 is 0.944 bits per heavy atom. The molecule has 2 N–H and O–H groups in total. The molecule has 0 bridgehead atoms. The SMILES string of the molecule is Cl.NC1(C2(c3c(-c4ccccc4)oc4c(Oc5ccccn5)nccc4c3=O)C=CC=CC2)CCC1. The lowest BCUT2D eigenvalue weighted by atomic mass is 9.54. The van der Waals surface area contributed by atoms with Gasteiger partial charge in [-0.2, -0.15) is 0 Å². The minimum absolute atomic E-state index is 0. The lowest BCUT2D eigenvalue weighted by molar-refractivity contribution is 0.148. The van der Waals surface area contributed by atoms with E-state index in [1.54, 1.807) is 30.6 Å². The lowest BCUT2D eigenvalue weighted by Gasteiger charge is -2.53. The molecule has 0 radical (unpaired) electrons. The number of fused-ring (bicyclic) bond motifs is 1. The highest BCUT2D eigenvalue weighted by Crippen LogP contribution is 2.52. The Balaban J connectivity index is 0.00000267. The van der Waals surface area contributed by atoms with E-state index < -0.39 is 11.0 Å². The Morgan fingerprint density at radius 3 is 2.42 bits per heavy atom. The average molecular weight is 500 g/mol. The molecule has 182 valence electrons. The van der Waals surface area contributed by atoms with Crippen LogP contribution in [0.5, 0.6) is 11.8 Å². The Kier molecular flexibility index (Phi) is 6.24. The number of pyridine rings is 2. The molecule has 6 nitrogen and oxygen atoms in total. The van der Waals surface area contributed by atoms with E-state index >= 15 is 0 Å². The molecular formula is C29H26ClN3O3. The van der Waals surface area contributed by atoms with Crippen LogP contribution in [0.4, 0.5) is 0 Å². The maximum Gasteiger partial charge on any atom is 0.265 e. The van der Waals surface area contributed by atoms with Gasteiger partial charge in [-0.15, -0.1) is 12.4 Å². The van der Waals surface area contributed by atoms with Crippen molar-refractivity contribution in [3.8, 4) is 23.1 Å². The summed E-state index contributed by atoms with van der Waals surface area (Å²) < 4.78 is 12.5. The standard InChI is InChI=1S/C29H25N3O3.ClH/c30-29(16-9-17-29)28(14-6-2-7-15-28)23-24(33)21-13-19-32-27(34-22-12-5-8-18-31-22)26(21)35-25(23)20-10-3-1-4-11-20;/h1-8,10-14,18-19H,9,15-17,30H2;1H. The fourth-order valence-electron chi connectivity index (χ4n) is 5.30. The molecule has 2 aliphatic rings. The van der Waals surface area contributed by atoms with Gasteiger partial charge in [-0.1, -0.05) is 60.7 Å². The Hall–Kier alpha value is -3.74. The molecular weight excluding hydrogens is 474 g/mol. The van der Waals surface area contributed by atoms with Gasteiger partial charge in [0.25, 0.3) is 5.88 Å². The molecule has 1 aromatic carbocycles. The van der Waals surface area contributed by atoms with Gasteiger partial charge in [0.05, 0.1) is 10.9 Å². The number of hydrogen-bond acceptors (Lipinski definition) is 6. The van der Waals surface area contributed by atoms with Crippen molar-refractivity contribution in [3.63, 3.8) is 0 Å². The predicted molar refractivity (Wildman–Crippen MR) is 143 cm³/mol. The number of rotatable bonds is 5. The van der Waals surface area contributed by atoms with Crippen LogP contribution in [0.25, 0.3) is 22.3 Å². The maximum absolute atomic E-state index is 14.3. The first kappa shape index (κ1) is 24.0. The van der Waals surface area contributed by atoms with Gasteiger partial charge in [0, 0.05) is 35.0 Å². The summed E-state index contributed by atoms with van der Waals surface area (Å²) in [5.74, 6) is 1.06. The van der Waals surface area contributed by atoms with Crippen molar-refractivity contribution in [2.75, 3.05) is 0 Å². The van der Waals surface area contributed by atoms with Crippen LogP contribution in [0.3, 0.4) is 0 Å². The topological polar surface area (TPSA) is 91.2 Å². The Labute approximate surface area is 214 Å². The second-order valence-electron chi connectivity index (χ2n) is 9.24. The fraction of sp³-hybridized carbons (Fsp3) is 0.207. The van der Waals surface area contributed by atoms with Gasteiger partial charge in [-0.25, -0.2) is 9.97 Å². The smallest absolute Gasteiger partial charge is 0.265 e. The summed E-state index contributed by atoms with van der Waals surface area (Å²) >= 11 is 0. The van der Waals surface area contributed by atoms with Crippen LogP contribution in [-0.2, 0) is 5.41 Å². The fourth-order valence-corrected chi connectivity index (χ4v) is 5.30. The van der Waals surface area contributed by atoms with Crippen LogP contribution in [0.1, 0.15) is 31.2 Å². The highest BCUT2D eigenvalue weighted by molar-refractivity contribution is 5.85. The Morgan fingerprint density at radius 2 is 1.75 bits per heavy atom. The minimum atomic E-state index is -0.675. The van der Waals surface area contributed by atoms with Gasteiger partial charge < -0.3 is 14.9 Å². The summed E-state index contributed by atoms with van der Waals surface area (Å²) in [5, 5.41) is 0.408. The summed E-state index contributed by atoms with van der Waals surface area (Å²) in [4.78, 5) is 22.9. The summed E-state index contributed by atoms with van der Waals surface area (Å²) in [7, 11) is 0. The molecule has 0 amide bonds. The minimum Gasteiger partial charge on any atom is -0.450 e. The van der Waals surface area contributed by atoms with Crippen LogP contribution in [0.15, 0.2) is 101 Å². The third-order valence-corrected chi connectivity index (χ3v) is 7.30. The van der Waals surface area contributed by atoms with E-state index in [4.69, 9.17) is 14.9 Å². The van der Waals surface area contributed by atoms with E-state index in [0.29, 0.717) is 29.0 Å². The molecule has 6 rings (SSSR count). The Bertz CT molecular complexity index is 1510. The zero-order valence-corrected chi connectivity index (χ0v) is 20.4. The molecule has 1 fully saturated rings. The van der Waals surface area contributed by atoms with Crippen molar-refractivity contribution in [2.45, 2.75) is 36.6 Å². The normalized spacial score (nSPS) is 19.9. The molecule has 1 atom stereocenters. The van der Waals surface area contributed by atoms with Crippen LogP contribution in [0, 0.1) is 0 Å². The van der Waals surface area contributed by atoms with Gasteiger partial charge >= 0.3 is 0 Å². The van der Waals surface area contributed by atoms with E-state index in [9.17, 15) is 4.79 Å². The summed E-state index contributed by atoms with van der Waals surface area (Å²) in [6.07, 6.45) is 14.8. The van der Waals surface area contributed by atoms with Crippen molar-refractivity contribution >= 4 is 23.4 Å². The molecule has 1 unspecified atom stereocenters. The van der Waals surface area contributed by atoms with Crippen molar-refractivity contribution in [2.24, 2.45) is 5.73 Å². The molecule has 3 aromatic heterocycles. The predicted octanol–water partition coefficient (Wildman–Crippen LogP) is 6.10. The van der Waals surface area contributed by atoms with Crippen molar-refractivity contribution in [3.05, 3.63) is 107 Å². The second-order valence-corrected chi connectivity index (χ2v) is 9.24. The summed E-state index contributed by atoms with van der Waals surface area (Å²) in [5.41, 5.74) is 7.39. The molecule has 0 aliphatic heterocycles. The van der Waals surface area contributed by atoms with E-state index in [2.05, 4.69) is 22.1 Å². The number of aromatic nitrogens is 2. The van der Waals surface area contributed by atoms with E-state index in [-0.39, 0.29) is 29.3 Å². The molecule has 1 saturated carbocycles. The van der Waals surface area contributed by atoms with Gasteiger partial charge in [-0.05, 0) is 37.8 Å². The first-order valence-corrected chi connectivity index (χ1v) is 11.9. The van der Waals surface area contributed by atoms with Crippen molar-refractivity contribution in [1.82, 2.24) is 9.97 Å².